The van der Waals surface area contributed by atoms with E-state index in [1.54, 1.807) is 26.0 Å². The summed E-state index contributed by atoms with van der Waals surface area (Å²) in [5.74, 6) is -0.664. The van der Waals surface area contributed by atoms with Gasteiger partial charge in [-0.05, 0) is 24.3 Å². The highest BCUT2D eigenvalue weighted by molar-refractivity contribution is 5.78. The highest BCUT2D eigenvalue weighted by Crippen LogP contribution is 2.32. The van der Waals surface area contributed by atoms with Crippen molar-refractivity contribution in [1.82, 2.24) is 0 Å². The molecule has 0 spiro atoms. The Balaban J connectivity index is 2.45. The number of carbonyl (C=O) groups is 1. The number of carboxylic acid groups (broad SMARTS) is 1. The molecule has 1 heterocycles. The summed E-state index contributed by atoms with van der Waals surface area (Å²) in [6.45, 7) is 3.57. The predicted molar refractivity (Wildman–Crippen MR) is 61.5 cm³/mol. The topological polar surface area (TPSA) is 50.4 Å². The smallest absolute Gasteiger partial charge is 0.304 e. The summed E-state index contributed by atoms with van der Waals surface area (Å²) in [5.41, 5.74) is -0.0405. The molecule has 90 valence electrons. The van der Waals surface area contributed by atoms with E-state index in [0.29, 0.717) is 16.7 Å². The van der Waals surface area contributed by atoms with Gasteiger partial charge in [0.2, 0.25) is 0 Å². The van der Waals surface area contributed by atoms with E-state index in [1.807, 2.05) is 0 Å². The highest BCUT2D eigenvalue weighted by Gasteiger charge is 2.28. The Morgan fingerprint density at radius 3 is 2.76 bits per heavy atom. The predicted octanol–water partition coefficient (Wildman–Crippen LogP) is 3.32. The highest BCUT2D eigenvalue weighted by atomic mass is 19.1. The average Bonchev–Trinajstić information content (AvgIpc) is 2.58. The molecule has 0 atom stereocenters. The van der Waals surface area contributed by atoms with Crippen molar-refractivity contribution in [3.8, 4) is 0 Å². The van der Waals surface area contributed by atoms with Crippen molar-refractivity contribution in [3.05, 3.63) is 35.8 Å². The first-order valence-electron chi connectivity index (χ1n) is 5.30. The maximum absolute atomic E-state index is 13.0. The molecule has 0 fully saturated rings. The van der Waals surface area contributed by atoms with Crippen molar-refractivity contribution < 1.29 is 18.7 Å². The largest absolute Gasteiger partial charge is 0.481 e. The van der Waals surface area contributed by atoms with Crippen molar-refractivity contribution in [1.29, 1.82) is 0 Å². The first-order chi connectivity index (χ1) is 7.88. The summed E-state index contributed by atoms with van der Waals surface area (Å²) in [6, 6.07) is 5.94. The summed E-state index contributed by atoms with van der Waals surface area (Å²) in [7, 11) is 0. The molecular formula is C13H13FO3. The van der Waals surface area contributed by atoms with Crippen LogP contribution in [0.3, 0.4) is 0 Å². The minimum absolute atomic E-state index is 0.0324. The van der Waals surface area contributed by atoms with E-state index in [9.17, 15) is 9.18 Å². The van der Waals surface area contributed by atoms with Crippen LogP contribution in [0.4, 0.5) is 4.39 Å². The summed E-state index contributed by atoms with van der Waals surface area (Å²) < 4.78 is 18.6. The number of hydrogen-bond donors (Lipinski definition) is 1. The zero-order valence-corrected chi connectivity index (χ0v) is 9.66. The van der Waals surface area contributed by atoms with Gasteiger partial charge in [-0.3, -0.25) is 4.79 Å². The Labute approximate surface area is 97.9 Å². The van der Waals surface area contributed by atoms with Crippen LogP contribution in [0.25, 0.3) is 11.0 Å². The molecule has 4 heteroatoms. The maximum atomic E-state index is 13.0. The van der Waals surface area contributed by atoms with E-state index in [0.717, 1.165) is 0 Å². The quantitative estimate of drug-likeness (QED) is 0.889. The number of aliphatic carboxylic acids is 1. The molecule has 1 aromatic heterocycles. The van der Waals surface area contributed by atoms with Gasteiger partial charge in [-0.25, -0.2) is 4.39 Å². The van der Waals surface area contributed by atoms with Gasteiger partial charge in [-0.1, -0.05) is 13.8 Å². The van der Waals surface area contributed by atoms with Gasteiger partial charge in [0.25, 0.3) is 0 Å². The molecule has 0 aliphatic rings. The lowest BCUT2D eigenvalue weighted by atomic mass is 9.86. The molecular weight excluding hydrogens is 223 g/mol. The minimum atomic E-state index is -0.887. The van der Waals surface area contributed by atoms with E-state index in [4.69, 9.17) is 9.52 Å². The van der Waals surface area contributed by atoms with Crippen molar-refractivity contribution in [2.24, 2.45) is 0 Å². The van der Waals surface area contributed by atoms with Crippen LogP contribution >= 0.6 is 0 Å². The third-order valence-corrected chi connectivity index (χ3v) is 2.74. The van der Waals surface area contributed by atoms with Crippen LogP contribution in [0.2, 0.25) is 0 Å². The van der Waals surface area contributed by atoms with Gasteiger partial charge in [-0.15, -0.1) is 0 Å². The number of benzene rings is 1. The number of furan rings is 1. The van der Waals surface area contributed by atoms with Crippen LogP contribution in [0.5, 0.6) is 0 Å². The van der Waals surface area contributed by atoms with E-state index >= 15 is 0 Å². The third-order valence-electron chi connectivity index (χ3n) is 2.74. The normalized spacial score (nSPS) is 11.9. The molecule has 2 rings (SSSR count). The number of hydrogen-bond acceptors (Lipinski definition) is 2. The Morgan fingerprint density at radius 1 is 1.41 bits per heavy atom. The molecule has 1 aromatic carbocycles. The van der Waals surface area contributed by atoms with E-state index in [-0.39, 0.29) is 12.2 Å². The van der Waals surface area contributed by atoms with Gasteiger partial charge in [0.15, 0.2) is 0 Å². The molecule has 0 saturated heterocycles. The zero-order valence-electron chi connectivity index (χ0n) is 9.66. The summed E-state index contributed by atoms with van der Waals surface area (Å²) in [6.07, 6.45) is -0.0324. The van der Waals surface area contributed by atoms with Crippen LogP contribution < -0.4 is 0 Å². The Morgan fingerprint density at radius 2 is 2.12 bits per heavy atom. The average molecular weight is 236 g/mol. The van der Waals surface area contributed by atoms with Gasteiger partial charge < -0.3 is 9.52 Å². The number of carboxylic acids is 1. The molecule has 0 aliphatic carbocycles. The lowest BCUT2D eigenvalue weighted by molar-refractivity contribution is -0.138. The van der Waals surface area contributed by atoms with Gasteiger partial charge in [0, 0.05) is 10.8 Å². The molecule has 2 aromatic rings. The fourth-order valence-corrected chi connectivity index (χ4v) is 1.81. The number of rotatable bonds is 3. The van der Waals surface area contributed by atoms with Gasteiger partial charge >= 0.3 is 5.97 Å². The van der Waals surface area contributed by atoms with Crippen LogP contribution in [-0.2, 0) is 10.2 Å². The fraction of sp³-hybridized carbons (Fsp3) is 0.308. The molecule has 3 nitrogen and oxygen atoms in total. The minimum Gasteiger partial charge on any atom is -0.481 e. The summed E-state index contributed by atoms with van der Waals surface area (Å²) in [5, 5.41) is 9.48. The lowest BCUT2D eigenvalue weighted by Gasteiger charge is -2.18. The Kier molecular flexibility index (Phi) is 2.65. The zero-order chi connectivity index (χ0) is 12.6. The SMILES string of the molecule is CC(C)(CC(=O)O)c1cc2cc(F)ccc2o1. The second-order valence-electron chi connectivity index (χ2n) is 4.75. The number of fused-ring (bicyclic) bond motifs is 1. The molecule has 0 unspecified atom stereocenters. The van der Waals surface area contributed by atoms with Crippen molar-refractivity contribution >= 4 is 16.9 Å². The van der Waals surface area contributed by atoms with Crippen molar-refractivity contribution in [2.45, 2.75) is 25.7 Å². The monoisotopic (exact) mass is 236 g/mol. The maximum Gasteiger partial charge on any atom is 0.304 e. The molecule has 1 N–H and O–H groups in total. The second kappa shape index (κ2) is 3.87. The molecule has 0 saturated carbocycles. The summed E-state index contributed by atoms with van der Waals surface area (Å²) >= 11 is 0. The third kappa shape index (κ3) is 2.30. The van der Waals surface area contributed by atoms with Gasteiger partial charge in [0.05, 0.1) is 6.42 Å². The van der Waals surface area contributed by atoms with E-state index < -0.39 is 11.4 Å². The molecule has 0 aliphatic heterocycles. The number of halogens is 1. The van der Waals surface area contributed by atoms with Gasteiger partial charge in [0.1, 0.15) is 17.2 Å². The summed E-state index contributed by atoms with van der Waals surface area (Å²) in [4.78, 5) is 10.8. The van der Waals surface area contributed by atoms with E-state index in [2.05, 4.69) is 0 Å². The lowest BCUT2D eigenvalue weighted by Crippen LogP contribution is -2.20. The molecule has 17 heavy (non-hydrogen) atoms. The first kappa shape index (κ1) is 11.6. The van der Waals surface area contributed by atoms with Crippen molar-refractivity contribution in [3.63, 3.8) is 0 Å². The standard InChI is InChI=1S/C13H13FO3/c1-13(2,7-12(15)16)11-6-8-5-9(14)3-4-10(8)17-11/h3-6H,7H2,1-2H3,(H,15,16). The molecule has 0 radical (unpaired) electrons. The van der Waals surface area contributed by atoms with E-state index in [1.165, 1.54) is 12.1 Å². The molecule has 0 bridgehead atoms. The fourth-order valence-electron chi connectivity index (χ4n) is 1.81. The first-order valence-corrected chi connectivity index (χ1v) is 5.30. The van der Waals surface area contributed by atoms with Gasteiger partial charge in [-0.2, -0.15) is 0 Å². The van der Waals surface area contributed by atoms with Crippen LogP contribution in [0.1, 0.15) is 26.0 Å². The van der Waals surface area contributed by atoms with Crippen LogP contribution in [-0.4, -0.2) is 11.1 Å². The Bertz CT molecular complexity index is 569. The molecule has 0 amide bonds. The van der Waals surface area contributed by atoms with Crippen LogP contribution in [0, 0.1) is 5.82 Å². The van der Waals surface area contributed by atoms with Crippen LogP contribution in [0.15, 0.2) is 28.7 Å². The van der Waals surface area contributed by atoms with Crippen molar-refractivity contribution in [2.75, 3.05) is 0 Å². The second-order valence-corrected chi connectivity index (χ2v) is 4.75. The Hall–Kier alpha value is -1.84.